The highest BCUT2D eigenvalue weighted by molar-refractivity contribution is 6.35. The van der Waals surface area contributed by atoms with Crippen LogP contribution in [0, 0.1) is 13.8 Å². The Morgan fingerprint density at radius 2 is 2.10 bits per heavy atom. The molecule has 2 aromatic heterocycles. The molecule has 2 heterocycles. The molecule has 0 fully saturated rings. The molecule has 0 bridgehead atoms. The van der Waals surface area contributed by atoms with Crippen molar-refractivity contribution >= 4 is 34.9 Å². The van der Waals surface area contributed by atoms with Gasteiger partial charge in [0.2, 0.25) is 0 Å². The van der Waals surface area contributed by atoms with Gasteiger partial charge in [-0.25, -0.2) is 4.98 Å². The van der Waals surface area contributed by atoms with Crippen LogP contribution in [0.3, 0.4) is 0 Å². The normalized spacial score (nSPS) is 10.5. The van der Waals surface area contributed by atoms with Crippen LogP contribution in [0.15, 0.2) is 16.8 Å². The first kappa shape index (κ1) is 15.6. The maximum absolute atomic E-state index is 12.0. The summed E-state index contributed by atoms with van der Waals surface area (Å²) in [6.07, 6.45) is 1.50. The first-order valence-corrected chi connectivity index (χ1v) is 7.00. The summed E-state index contributed by atoms with van der Waals surface area (Å²) in [7, 11) is 0. The maximum atomic E-state index is 12.0. The van der Waals surface area contributed by atoms with Gasteiger partial charge in [-0.05, 0) is 19.9 Å². The van der Waals surface area contributed by atoms with E-state index >= 15 is 0 Å². The predicted octanol–water partition coefficient (Wildman–Crippen LogP) is 2.84. The number of halogens is 2. The summed E-state index contributed by atoms with van der Waals surface area (Å²) in [6, 6.07) is 1.60. The zero-order chi connectivity index (χ0) is 15.4. The number of anilines is 1. The third-order valence-electron chi connectivity index (χ3n) is 2.77. The molecule has 0 saturated carbocycles. The molecule has 0 aliphatic carbocycles. The first-order chi connectivity index (χ1) is 9.99. The standard InChI is InChI=1S/C13H14Cl2N4O2/c1-7-11(8(2)21-19-7)13(20)17-4-3-16-12-10(15)5-9(14)6-18-12/h5-6H,3-4H2,1-2H3,(H,16,18)(H,17,20). The lowest BCUT2D eigenvalue weighted by atomic mass is 10.2. The monoisotopic (exact) mass is 328 g/mol. The number of carbonyl (C=O) groups excluding carboxylic acids is 1. The van der Waals surface area contributed by atoms with Gasteiger partial charge in [0, 0.05) is 19.3 Å². The zero-order valence-corrected chi connectivity index (χ0v) is 13.0. The highest BCUT2D eigenvalue weighted by Gasteiger charge is 2.16. The number of aromatic nitrogens is 2. The summed E-state index contributed by atoms with van der Waals surface area (Å²) in [6.45, 7) is 4.30. The fourth-order valence-electron chi connectivity index (χ4n) is 1.80. The van der Waals surface area contributed by atoms with E-state index in [1.165, 1.54) is 6.20 Å². The van der Waals surface area contributed by atoms with Gasteiger partial charge in [0.25, 0.3) is 5.91 Å². The molecule has 2 N–H and O–H groups in total. The number of hydrogen-bond acceptors (Lipinski definition) is 5. The summed E-state index contributed by atoms with van der Waals surface area (Å²) < 4.78 is 4.95. The topological polar surface area (TPSA) is 80.0 Å². The number of aryl methyl sites for hydroxylation is 2. The van der Waals surface area contributed by atoms with E-state index in [0.717, 1.165) is 0 Å². The van der Waals surface area contributed by atoms with Gasteiger partial charge in [-0.15, -0.1) is 0 Å². The van der Waals surface area contributed by atoms with E-state index in [0.29, 0.717) is 46.0 Å². The summed E-state index contributed by atoms with van der Waals surface area (Å²) in [5.41, 5.74) is 1.04. The summed E-state index contributed by atoms with van der Waals surface area (Å²) in [4.78, 5) is 16.0. The van der Waals surface area contributed by atoms with E-state index < -0.39 is 0 Å². The Kier molecular flexibility index (Phi) is 5.03. The molecule has 0 spiro atoms. The largest absolute Gasteiger partial charge is 0.367 e. The highest BCUT2D eigenvalue weighted by atomic mass is 35.5. The number of nitrogens with zero attached hydrogens (tertiary/aromatic N) is 2. The summed E-state index contributed by atoms with van der Waals surface area (Å²) in [5, 5.41) is 10.4. The third-order valence-corrected chi connectivity index (χ3v) is 3.27. The molecule has 0 radical (unpaired) electrons. The van der Waals surface area contributed by atoms with Gasteiger partial charge < -0.3 is 15.2 Å². The van der Waals surface area contributed by atoms with E-state index in [1.54, 1.807) is 19.9 Å². The Morgan fingerprint density at radius 3 is 2.71 bits per heavy atom. The van der Waals surface area contributed by atoms with Crippen LogP contribution >= 0.6 is 23.2 Å². The van der Waals surface area contributed by atoms with Gasteiger partial charge in [-0.2, -0.15) is 0 Å². The molecule has 0 aromatic carbocycles. The molecular formula is C13H14Cl2N4O2. The molecule has 0 unspecified atom stereocenters. The number of hydrogen-bond donors (Lipinski definition) is 2. The summed E-state index contributed by atoms with van der Waals surface area (Å²) >= 11 is 11.7. The van der Waals surface area contributed by atoms with Gasteiger partial charge >= 0.3 is 0 Å². The molecule has 21 heavy (non-hydrogen) atoms. The van der Waals surface area contributed by atoms with E-state index in [4.69, 9.17) is 27.7 Å². The van der Waals surface area contributed by atoms with Crippen LogP contribution in [0.1, 0.15) is 21.8 Å². The molecule has 0 saturated heterocycles. The van der Waals surface area contributed by atoms with Crippen molar-refractivity contribution in [2.24, 2.45) is 0 Å². The smallest absolute Gasteiger partial charge is 0.256 e. The lowest BCUT2D eigenvalue weighted by Crippen LogP contribution is -2.29. The third kappa shape index (κ3) is 3.86. The second-order valence-corrected chi connectivity index (χ2v) is 5.21. The van der Waals surface area contributed by atoms with Crippen LogP contribution in [0.25, 0.3) is 0 Å². The van der Waals surface area contributed by atoms with Gasteiger partial charge in [0.05, 0.1) is 15.7 Å². The Hall–Kier alpha value is -1.79. The second-order valence-electron chi connectivity index (χ2n) is 4.37. The van der Waals surface area contributed by atoms with E-state index in [1.807, 2.05) is 0 Å². The van der Waals surface area contributed by atoms with Crippen LogP contribution in [0.4, 0.5) is 5.82 Å². The minimum absolute atomic E-state index is 0.219. The molecule has 6 nitrogen and oxygen atoms in total. The minimum atomic E-state index is -0.219. The van der Waals surface area contributed by atoms with E-state index in [9.17, 15) is 4.79 Å². The number of amides is 1. The molecule has 0 atom stereocenters. The molecule has 1 amide bonds. The van der Waals surface area contributed by atoms with Crippen LogP contribution in [-0.2, 0) is 0 Å². The fraction of sp³-hybridized carbons (Fsp3) is 0.308. The Balaban J connectivity index is 1.83. The SMILES string of the molecule is Cc1noc(C)c1C(=O)NCCNc1ncc(Cl)cc1Cl. The van der Waals surface area contributed by atoms with E-state index in [2.05, 4.69) is 20.8 Å². The lowest BCUT2D eigenvalue weighted by Gasteiger charge is -2.08. The zero-order valence-electron chi connectivity index (χ0n) is 11.5. The average molecular weight is 329 g/mol. The van der Waals surface area contributed by atoms with Gasteiger partial charge in [-0.3, -0.25) is 4.79 Å². The number of pyridine rings is 1. The van der Waals surface area contributed by atoms with Crippen molar-refractivity contribution in [1.82, 2.24) is 15.5 Å². The number of nitrogens with one attached hydrogen (secondary N) is 2. The first-order valence-electron chi connectivity index (χ1n) is 6.25. The molecule has 0 aliphatic heterocycles. The highest BCUT2D eigenvalue weighted by Crippen LogP contribution is 2.22. The number of rotatable bonds is 5. The van der Waals surface area contributed by atoms with Crippen molar-refractivity contribution in [3.63, 3.8) is 0 Å². The molecular weight excluding hydrogens is 315 g/mol. The minimum Gasteiger partial charge on any atom is -0.367 e. The van der Waals surface area contributed by atoms with Crippen LogP contribution in [0.2, 0.25) is 10.0 Å². The molecule has 2 rings (SSSR count). The van der Waals surface area contributed by atoms with Crippen LogP contribution < -0.4 is 10.6 Å². The molecule has 2 aromatic rings. The Labute approximate surface area is 131 Å². The van der Waals surface area contributed by atoms with Crippen LogP contribution in [0.5, 0.6) is 0 Å². The quantitative estimate of drug-likeness (QED) is 0.825. The molecule has 8 heteroatoms. The van der Waals surface area contributed by atoms with E-state index in [-0.39, 0.29) is 5.91 Å². The number of carbonyl (C=O) groups is 1. The van der Waals surface area contributed by atoms with Crippen molar-refractivity contribution < 1.29 is 9.32 Å². The van der Waals surface area contributed by atoms with Gasteiger partial charge in [-0.1, -0.05) is 28.4 Å². The summed E-state index contributed by atoms with van der Waals surface area (Å²) in [5.74, 6) is 0.802. The lowest BCUT2D eigenvalue weighted by molar-refractivity contribution is 0.0953. The predicted molar refractivity (Wildman–Crippen MR) is 81.1 cm³/mol. The van der Waals surface area contributed by atoms with Gasteiger partial charge in [0.15, 0.2) is 0 Å². The Bertz CT molecular complexity index is 638. The fourth-order valence-corrected chi connectivity index (χ4v) is 2.24. The molecule has 0 aliphatic rings. The van der Waals surface area contributed by atoms with Crippen molar-refractivity contribution in [3.05, 3.63) is 39.3 Å². The Morgan fingerprint density at radius 1 is 1.33 bits per heavy atom. The molecule has 112 valence electrons. The second kappa shape index (κ2) is 6.78. The van der Waals surface area contributed by atoms with Crippen molar-refractivity contribution in [1.29, 1.82) is 0 Å². The van der Waals surface area contributed by atoms with Crippen molar-refractivity contribution in [3.8, 4) is 0 Å². The average Bonchev–Trinajstić information content (AvgIpc) is 2.76. The van der Waals surface area contributed by atoms with Crippen molar-refractivity contribution in [2.75, 3.05) is 18.4 Å². The van der Waals surface area contributed by atoms with Crippen LogP contribution in [-0.4, -0.2) is 29.1 Å². The van der Waals surface area contributed by atoms with Crippen molar-refractivity contribution in [2.45, 2.75) is 13.8 Å². The van der Waals surface area contributed by atoms with Gasteiger partial charge in [0.1, 0.15) is 17.1 Å². The maximum Gasteiger partial charge on any atom is 0.256 e.